The molecule has 0 aliphatic carbocycles. The van der Waals surface area contributed by atoms with Gasteiger partial charge in [0.1, 0.15) is 6.54 Å². The first-order valence-corrected chi connectivity index (χ1v) is 7.88. The number of sulfone groups is 1. The summed E-state index contributed by atoms with van der Waals surface area (Å²) >= 11 is 0. The number of nitrogens with one attached hydrogen (secondary N) is 1. The summed E-state index contributed by atoms with van der Waals surface area (Å²) in [6.45, 7) is 1.33. The van der Waals surface area contributed by atoms with E-state index in [0.29, 0.717) is 6.42 Å². The van der Waals surface area contributed by atoms with Gasteiger partial charge in [-0.3, -0.25) is 19.3 Å². The van der Waals surface area contributed by atoms with Crippen molar-refractivity contribution in [3.8, 4) is 0 Å². The van der Waals surface area contributed by atoms with Crippen LogP contribution in [0, 0.1) is 0 Å². The molecule has 2 saturated heterocycles. The van der Waals surface area contributed by atoms with Crippen molar-refractivity contribution in [2.45, 2.75) is 31.7 Å². The third kappa shape index (κ3) is 3.12. The lowest BCUT2D eigenvalue weighted by Gasteiger charge is -2.25. The van der Waals surface area contributed by atoms with Crippen LogP contribution < -0.4 is 5.32 Å². The summed E-state index contributed by atoms with van der Waals surface area (Å²) in [5.74, 6) is -1.27. The van der Waals surface area contributed by atoms with Crippen molar-refractivity contribution in [1.82, 2.24) is 10.2 Å². The van der Waals surface area contributed by atoms with E-state index in [-0.39, 0.29) is 42.7 Å². The Bertz CT molecular complexity index is 525. The maximum Gasteiger partial charge on any atom is 0.240 e. The first kappa shape index (κ1) is 14.0. The van der Waals surface area contributed by atoms with Gasteiger partial charge in [-0.2, -0.15) is 0 Å². The summed E-state index contributed by atoms with van der Waals surface area (Å²) in [4.78, 5) is 35.5. The van der Waals surface area contributed by atoms with Gasteiger partial charge >= 0.3 is 0 Å². The van der Waals surface area contributed by atoms with Crippen LogP contribution in [0.1, 0.15) is 26.2 Å². The van der Waals surface area contributed by atoms with Gasteiger partial charge in [-0.15, -0.1) is 0 Å². The van der Waals surface area contributed by atoms with Gasteiger partial charge in [0, 0.05) is 12.8 Å². The molecule has 0 aromatic rings. The molecule has 0 radical (unpaired) electrons. The van der Waals surface area contributed by atoms with E-state index < -0.39 is 21.3 Å². The number of nitrogens with zero attached hydrogens (tertiary/aromatic N) is 1. The first-order valence-electron chi connectivity index (χ1n) is 6.05. The smallest absolute Gasteiger partial charge is 0.240 e. The molecular formula is C11H16N2O5S. The molecule has 0 aromatic heterocycles. The molecule has 1 N–H and O–H groups in total. The van der Waals surface area contributed by atoms with Crippen LogP contribution in [0.15, 0.2) is 0 Å². The summed E-state index contributed by atoms with van der Waals surface area (Å²) in [7, 11) is -3.11. The van der Waals surface area contributed by atoms with E-state index in [2.05, 4.69) is 5.32 Å². The zero-order valence-corrected chi connectivity index (χ0v) is 11.5. The molecule has 106 valence electrons. The van der Waals surface area contributed by atoms with Crippen LogP contribution in [0.4, 0.5) is 0 Å². The molecule has 19 heavy (non-hydrogen) atoms. The number of carbonyl (C=O) groups excluding carboxylic acids is 3. The van der Waals surface area contributed by atoms with Gasteiger partial charge in [0.25, 0.3) is 0 Å². The number of hydrogen-bond donors (Lipinski definition) is 1. The second-order valence-electron chi connectivity index (χ2n) is 5.32. The Morgan fingerprint density at radius 2 is 1.89 bits per heavy atom. The van der Waals surface area contributed by atoms with Crippen LogP contribution >= 0.6 is 0 Å². The predicted molar refractivity (Wildman–Crippen MR) is 65.8 cm³/mol. The third-order valence-electron chi connectivity index (χ3n) is 3.40. The Morgan fingerprint density at radius 3 is 2.37 bits per heavy atom. The quantitative estimate of drug-likeness (QED) is 0.659. The highest BCUT2D eigenvalue weighted by atomic mass is 32.2. The molecule has 3 amide bonds. The van der Waals surface area contributed by atoms with Crippen molar-refractivity contribution < 1.29 is 22.8 Å². The van der Waals surface area contributed by atoms with Crippen LogP contribution in [-0.4, -0.2) is 54.6 Å². The zero-order valence-electron chi connectivity index (χ0n) is 10.6. The first-order chi connectivity index (χ1) is 8.71. The lowest BCUT2D eigenvalue weighted by molar-refractivity contribution is -0.142. The average molecular weight is 288 g/mol. The molecule has 2 aliphatic rings. The van der Waals surface area contributed by atoms with Crippen molar-refractivity contribution in [2.24, 2.45) is 0 Å². The van der Waals surface area contributed by atoms with Gasteiger partial charge in [0.15, 0.2) is 9.84 Å². The molecular weight excluding hydrogens is 272 g/mol. The molecule has 0 unspecified atom stereocenters. The van der Waals surface area contributed by atoms with Crippen molar-refractivity contribution >= 4 is 27.6 Å². The van der Waals surface area contributed by atoms with Crippen molar-refractivity contribution in [3.63, 3.8) is 0 Å². The molecule has 0 aromatic carbocycles. The van der Waals surface area contributed by atoms with Crippen molar-refractivity contribution in [3.05, 3.63) is 0 Å². The molecule has 2 rings (SSSR count). The van der Waals surface area contributed by atoms with E-state index in [1.807, 2.05) is 0 Å². The predicted octanol–water partition coefficient (Wildman–Crippen LogP) is -1.17. The molecule has 8 heteroatoms. The Hall–Kier alpha value is -1.44. The number of carbonyl (C=O) groups is 3. The largest absolute Gasteiger partial charge is 0.348 e. The van der Waals surface area contributed by atoms with E-state index in [4.69, 9.17) is 0 Å². The number of hydrogen-bond acceptors (Lipinski definition) is 5. The minimum Gasteiger partial charge on any atom is -0.348 e. The number of amides is 3. The van der Waals surface area contributed by atoms with E-state index in [9.17, 15) is 22.8 Å². The van der Waals surface area contributed by atoms with Gasteiger partial charge in [-0.25, -0.2) is 8.42 Å². The zero-order chi connectivity index (χ0) is 14.3. The highest BCUT2D eigenvalue weighted by Gasteiger charge is 2.40. The fraction of sp³-hybridized carbons (Fsp3) is 0.727. The van der Waals surface area contributed by atoms with E-state index in [0.717, 1.165) is 4.90 Å². The second kappa shape index (κ2) is 4.59. The van der Waals surface area contributed by atoms with Crippen molar-refractivity contribution in [1.29, 1.82) is 0 Å². The molecule has 0 bridgehead atoms. The number of rotatable bonds is 3. The van der Waals surface area contributed by atoms with E-state index in [1.54, 1.807) is 6.92 Å². The average Bonchev–Trinajstić information content (AvgIpc) is 2.71. The SMILES string of the molecule is C[C@]1(NC(=O)CN2C(=O)CCC2=O)CCS(=O)(=O)C1. The summed E-state index contributed by atoms with van der Waals surface area (Å²) in [6, 6.07) is 0. The summed E-state index contributed by atoms with van der Waals surface area (Å²) in [5, 5.41) is 2.61. The summed E-state index contributed by atoms with van der Waals surface area (Å²) < 4.78 is 22.8. The Balaban J connectivity index is 1.95. The van der Waals surface area contributed by atoms with E-state index in [1.165, 1.54) is 0 Å². The monoisotopic (exact) mass is 288 g/mol. The Labute approximate surface area is 111 Å². The Kier molecular flexibility index (Phi) is 3.38. The minimum atomic E-state index is -3.11. The van der Waals surface area contributed by atoms with Gasteiger partial charge < -0.3 is 5.32 Å². The molecule has 0 saturated carbocycles. The van der Waals surface area contributed by atoms with Crippen molar-refractivity contribution in [2.75, 3.05) is 18.1 Å². The highest BCUT2D eigenvalue weighted by molar-refractivity contribution is 7.91. The lowest BCUT2D eigenvalue weighted by atomic mass is 10.0. The standard InChI is InChI=1S/C11H16N2O5S/c1-11(4-5-19(17,18)7-11)12-8(14)6-13-9(15)2-3-10(13)16/h2-7H2,1H3,(H,12,14)/t11-/m0/s1. The molecule has 1 atom stereocenters. The van der Waals surface area contributed by atoms with Crippen LogP contribution in [0.25, 0.3) is 0 Å². The number of likely N-dealkylation sites (tertiary alicyclic amines) is 1. The minimum absolute atomic E-state index is 0.0470. The molecule has 7 nitrogen and oxygen atoms in total. The maximum absolute atomic E-state index is 11.8. The highest BCUT2D eigenvalue weighted by Crippen LogP contribution is 2.22. The lowest BCUT2D eigenvalue weighted by Crippen LogP contribution is -2.51. The summed E-state index contributed by atoms with van der Waals surface area (Å²) in [5.41, 5.74) is -0.804. The number of imide groups is 1. The topological polar surface area (TPSA) is 101 Å². The van der Waals surface area contributed by atoms with Gasteiger partial charge in [-0.05, 0) is 13.3 Å². The van der Waals surface area contributed by atoms with Crippen LogP contribution in [0.3, 0.4) is 0 Å². The van der Waals surface area contributed by atoms with E-state index >= 15 is 0 Å². The normalized spacial score (nSPS) is 29.8. The molecule has 2 aliphatic heterocycles. The van der Waals surface area contributed by atoms with Gasteiger partial charge in [0.2, 0.25) is 17.7 Å². The fourth-order valence-corrected chi connectivity index (χ4v) is 4.52. The summed E-state index contributed by atoms with van der Waals surface area (Å²) in [6.07, 6.45) is 0.623. The van der Waals surface area contributed by atoms with Crippen LogP contribution in [0.5, 0.6) is 0 Å². The molecule has 0 spiro atoms. The second-order valence-corrected chi connectivity index (χ2v) is 7.51. The van der Waals surface area contributed by atoms with Gasteiger partial charge in [0.05, 0.1) is 17.0 Å². The van der Waals surface area contributed by atoms with Crippen LogP contribution in [-0.2, 0) is 24.2 Å². The molecule has 2 heterocycles. The third-order valence-corrected chi connectivity index (χ3v) is 5.30. The van der Waals surface area contributed by atoms with Crippen LogP contribution in [0.2, 0.25) is 0 Å². The molecule has 2 fully saturated rings. The maximum atomic E-state index is 11.8. The fourth-order valence-electron chi connectivity index (χ4n) is 2.43. The Morgan fingerprint density at radius 1 is 1.32 bits per heavy atom. The van der Waals surface area contributed by atoms with Gasteiger partial charge in [-0.1, -0.05) is 0 Å².